The van der Waals surface area contributed by atoms with E-state index in [0.717, 1.165) is 57.2 Å². The van der Waals surface area contributed by atoms with Crippen LogP contribution in [0.3, 0.4) is 0 Å². The molecule has 48 heavy (non-hydrogen) atoms. The van der Waals surface area contributed by atoms with Crippen LogP contribution in [0.5, 0.6) is 11.9 Å². The van der Waals surface area contributed by atoms with E-state index in [4.69, 9.17) is 31.8 Å². The molecule has 0 aromatic carbocycles. The number of pyridine rings is 2. The number of nitrogens with zero attached hydrogens (tertiary/aromatic N) is 6. The van der Waals surface area contributed by atoms with Crippen molar-refractivity contribution in [1.82, 2.24) is 24.8 Å². The Morgan fingerprint density at radius 1 is 1.17 bits per heavy atom. The highest BCUT2D eigenvalue weighted by atomic mass is 35.5. The van der Waals surface area contributed by atoms with Crippen molar-refractivity contribution in [2.24, 2.45) is 5.92 Å². The first-order chi connectivity index (χ1) is 23.2. The lowest BCUT2D eigenvalue weighted by atomic mass is 9.95. The second kappa shape index (κ2) is 12.1. The van der Waals surface area contributed by atoms with Crippen LogP contribution in [0.15, 0.2) is 52.4 Å². The lowest BCUT2D eigenvalue weighted by Gasteiger charge is -2.32. The molecule has 3 fully saturated rings. The van der Waals surface area contributed by atoms with E-state index in [1.807, 2.05) is 24.0 Å². The Morgan fingerprint density at radius 2 is 1.96 bits per heavy atom. The van der Waals surface area contributed by atoms with Gasteiger partial charge in [0.05, 0.1) is 28.7 Å². The average Bonchev–Trinajstić information content (AvgIpc) is 3.78. The summed E-state index contributed by atoms with van der Waals surface area (Å²) in [6, 6.07) is 3.38. The average molecular weight is 678 g/mol. The van der Waals surface area contributed by atoms with Gasteiger partial charge in [-0.05, 0) is 88.2 Å². The molecule has 2 aliphatic carbocycles. The predicted octanol–water partition coefficient (Wildman–Crippen LogP) is 6.75. The number of halogens is 4. The molecule has 8 rings (SSSR count). The van der Waals surface area contributed by atoms with Gasteiger partial charge in [-0.3, -0.25) is 4.90 Å². The maximum atomic E-state index is 17.1. The van der Waals surface area contributed by atoms with Crippen molar-refractivity contribution >= 4 is 39.7 Å². The van der Waals surface area contributed by atoms with Gasteiger partial charge in [0, 0.05) is 17.3 Å². The van der Waals surface area contributed by atoms with Crippen LogP contribution in [0.25, 0.3) is 16.5 Å². The van der Waals surface area contributed by atoms with Crippen molar-refractivity contribution in [2.45, 2.75) is 63.5 Å². The fourth-order valence-corrected chi connectivity index (χ4v) is 8.04. The number of alkyl halides is 2. The normalized spacial score (nSPS) is 21.2. The smallest absolute Gasteiger partial charge is 0.319 e. The van der Waals surface area contributed by atoms with E-state index in [-0.39, 0.29) is 63.2 Å². The van der Waals surface area contributed by atoms with Crippen LogP contribution >= 0.6 is 11.6 Å². The second-order valence-corrected chi connectivity index (χ2v) is 13.6. The first-order valence-electron chi connectivity index (χ1n) is 16.5. The molecule has 3 aromatic heterocycles. The quantitative estimate of drug-likeness (QED) is 0.259. The van der Waals surface area contributed by atoms with Crippen molar-refractivity contribution < 1.29 is 22.6 Å². The van der Waals surface area contributed by atoms with Crippen LogP contribution < -0.4 is 20.1 Å². The molecule has 250 valence electrons. The topological polar surface area (TPSA) is 103 Å². The fourth-order valence-electron chi connectivity index (χ4n) is 7.73. The highest BCUT2D eigenvalue weighted by Crippen LogP contribution is 2.49. The number of nitrogens with two attached hydrogens (primary N) is 1. The fraction of sp³-hybridized carbons (Fsp3) is 0.457. The molecule has 1 atom stereocenters. The summed E-state index contributed by atoms with van der Waals surface area (Å²) in [6.07, 6.45) is 7.13. The zero-order valence-electron chi connectivity index (χ0n) is 26.5. The van der Waals surface area contributed by atoms with Gasteiger partial charge in [0.2, 0.25) is 5.88 Å². The van der Waals surface area contributed by atoms with E-state index in [1.165, 1.54) is 12.2 Å². The molecule has 0 bridgehead atoms. The zero-order valence-corrected chi connectivity index (χ0v) is 27.2. The molecule has 9 nitrogen and oxygen atoms in total. The van der Waals surface area contributed by atoms with Gasteiger partial charge in [0.25, 0.3) is 6.43 Å². The number of hydrogen-bond acceptors (Lipinski definition) is 9. The van der Waals surface area contributed by atoms with E-state index in [9.17, 15) is 8.78 Å². The van der Waals surface area contributed by atoms with E-state index in [0.29, 0.717) is 30.4 Å². The maximum absolute atomic E-state index is 17.1. The lowest BCUT2D eigenvalue weighted by Crippen LogP contribution is -2.43. The molecule has 3 aliphatic heterocycles. The zero-order chi connectivity index (χ0) is 33.2. The lowest BCUT2D eigenvalue weighted by molar-refractivity contribution is 0.108. The van der Waals surface area contributed by atoms with Crippen LogP contribution in [-0.4, -0.2) is 69.6 Å². The summed E-state index contributed by atoms with van der Waals surface area (Å²) in [5, 5.41) is 0.489. The predicted molar refractivity (Wildman–Crippen MR) is 177 cm³/mol. The molecular formula is C35H35ClF3N7O2. The van der Waals surface area contributed by atoms with Crippen molar-refractivity contribution in [3.63, 3.8) is 0 Å². The molecule has 0 spiro atoms. The Labute approximate surface area is 281 Å². The molecule has 5 aliphatic rings. The molecular weight excluding hydrogens is 643 g/mol. The van der Waals surface area contributed by atoms with Gasteiger partial charge >= 0.3 is 6.01 Å². The minimum absolute atomic E-state index is 0.0167. The van der Waals surface area contributed by atoms with Crippen LogP contribution in [0.2, 0.25) is 0 Å². The Hall–Kier alpha value is -4.12. The largest absolute Gasteiger partial charge is 0.475 e. The van der Waals surface area contributed by atoms with E-state index in [1.54, 1.807) is 6.20 Å². The van der Waals surface area contributed by atoms with E-state index >= 15 is 4.39 Å². The number of ether oxygens (including phenoxy) is 2. The summed E-state index contributed by atoms with van der Waals surface area (Å²) in [5.41, 5.74) is 9.62. The summed E-state index contributed by atoms with van der Waals surface area (Å²) in [6.45, 7) is 4.92. The minimum Gasteiger partial charge on any atom is -0.475 e. The molecule has 13 heteroatoms. The van der Waals surface area contributed by atoms with Crippen LogP contribution in [0.1, 0.15) is 62.7 Å². The monoisotopic (exact) mass is 677 g/mol. The number of aromatic nitrogens is 4. The number of nitrogen functional groups attached to an aromatic ring is 1. The van der Waals surface area contributed by atoms with E-state index in [2.05, 4.69) is 25.6 Å². The van der Waals surface area contributed by atoms with E-state index < -0.39 is 17.8 Å². The first-order valence-corrected chi connectivity index (χ1v) is 16.9. The Kier molecular flexibility index (Phi) is 7.85. The molecule has 0 amide bonds. The molecule has 1 saturated carbocycles. The van der Waals surface area contributed by atoms with Crippen LogP contribution in [0, 0.1) is 11.7 Å². The van der Waals surface area contributed by atoms with Gasteiger partial charge in [0.15, 0.2) is 5.82 Å². The van der Waals surface area contributed by atoms with Crippen molar-refractivity contribution in [1.29, 1.82) is 0 Å². The summed E-state index contributed by atoms with van der Waals surface area (Å²) in [7, 11) is 0. The molecule has 2 N–H and O–H groups in total. The molecule has 6 heterocycles. The second-order valence-electron chi connectivity index (χ2n) is 13.2. The number of hydrogen-bond donors (Lipinski definition) is 1. The highest BCUT2D eigenvalue weighted by Gasteiger charge is 2.45. The molecule has 3 aromatic rings. The third-order valence-electron chi connectivity index (χ3n) is 10.3. The minimum atomic E-state index is -2.85. The van der Waals surface area contributed by atoms with Gasteiger partial charge in [-0.1, -0.05) is 17.7 Å². The number of anilines is 2. The standard InChI is InChI=1S/C35H35ClF3N7O2/c1-19(22-5-2-12-41-31(22)40)46-15-16-47-33-26-29(43-34(44-32(26)46)48-18-35-10-3-13-45(35)14-4-11-35)27(37)28(42-33)23-17-21(30(38)39)8-9-24(36)25(23)20-6-7-20/h2,5,9,12,17,19-20,30H,3-4,6-7,10-11,13-16,18H2,1H3,(H2,40,41). The summed E-state index contributed by atoms with van der Waals surface area (Å²) < 4.78 is 57.9. The third-order valence-corrected chi connectivity index (χ3v) is 10.6. The summed E-state index contributed by atoms with van der Waals surface area (Å²) in [4.78, 5) is 22.9. The maximum Gasteiger partial charge on any atom is 0.319 e. The van der Waals surface area contributed by atoms with Crippen LogP contribution in [-0.2, 0) is 0 Å². The van der Waals surface area contributed by atoms with Gasteiger partial charge in [-0.2, -0.15) is 9.97 Å². The van der Waals surface area contributed by atoms with Crippen LogP contribution in [0.4, 0.5) is 24.8 Å². The summed E-state index contributed by atoms with van der Waals surface area (Å²) in [5.74, 6) is 0.0276. The number of fused-ring (bicyclic) bond motifs is 1. The van der Waals surface area contributed by atoms with Gasteiger partial charge in [0.1, 0.15) is 41.4 Å². The molecule has 0 radical (unpaired) electrons. The number of allylic oxidation sites excluding steroid dienone is 5. The first kappa shape index (κ1) is 31.2. The number of rotatable bonds is 8. The molecule has 1 unspecified atom stereocenters. The third kappa shape index (κ3) is 5.30. The highest BCUT2D eigenvalue weighted by molar-refractivity contribution is 6.32. The van der Waals surface area contributed by atoms with Crippen molar-refractivity contribution in [3.8, 4) is 11.9 Å². The van der Waals surface area contributed by atoms with Gasteiger partial charge in [-0.15, -0.1) is 5.73 Å². The summed E-state index contributed by atoms with van der Waals surface area (Å²) >= 11 is 6.65. The van der Waals surface area contributed by atoms with Gasteiger partial charge < -0.3 is 20.1 Å². The Bertz CT molecular complexity index is 1930. The van der Waals surface area contributed by atoms with Crippen molar-refractivity contribution in [2.75, 3.05) is 43.5 Å². The van der Waals surface area contributed by atoms with Crippen molar-refractivity contribution in [3.05, 3.63) is 69.5 Å². The Morgan fingerprint density at radius 3 is 2.69 bits per heavy atom. The SMILES string of the molecule is CC(c1cccnc1N)N1CCOc2nc(C3=CC(C(F)F)=C=CC(Cl)=C3C3CC3)c(F)c3nc(OCC45CCCN4CCC5)nc1c23. The van der Waals surface area contributed by atoms with Gasteiger partial charge in [-0.25, -0.2) is 23.1 Å². The Balaban J connectivity index is 1.31. The molecule has 2 saturated heterocycles.